The number of imidazole rings is 1. The van der Waals surface area contributed by atoms with Crippen LogP contribution >= 0.6 is 0 Å². The molecule has 0 radical (unpaired) electrons. The third-order valence-electron chi connectivity index (χ3n) is 5.07. The van der Waals surface area contributed by atoms with Gasteiger partial charge in [0.25, 0.3) is 5.91 Å². The Morgan fingerprint density at radius 1 is 1.11 bits per heavy atom. The van der Waals surface area contributed by atoms with Crippen LogP contribution in [0, 0.1) is 6.92 Å². The number of pyridine rings is 1. The van der Waals surface area contributed by atoms with Gasteiger partial charge in [-0.1, -0.05) is 6.07 Å². The first-order valence-electron chi connectivity index (χ1n) is 9.39. The molecular formula is C19H20N8O. The van der Waals surface area contributed by atoms with Gasteiger partial charge in [0.05, 0.1) is 12.2 Å². The van der Waals surface area contributed by atoms with Gasteiger partial charge in [-0.25, -0.2) is 4.98 Å². The number of rotatable bonds is 4. The van der Waals surface area contributed by atoms with Crippen LogP contribution in [-0.2, 0) is 6.54 Å². The van der Waals surface area contributed by atoms with E-state index in [1.165, 1.54) is 12.8 Å². The molecule has 1 amide bonds. The second-order valence-corrected chi connectivity index (χ2v) is 6.93. The highest BCUT2D eigenvalue weighted by Crippen LogP contribution is 2.18. The third-order valence-corrected chi connectivity index (χ3v) is 5.07. The normalized spacial score (nSPS) is 14.2. The molecule has 1 saturated heterocycles. The molecule has 5 rings (SSSR count). The zero-order chi connectivity index (χ0) is 19.1. The van der Waals surface area contributed by atoms with E-state index in [0.717, 1.165) is 24.6 Å². The number of anilines is 1. The van der Waals surface area contributed by atoms with Crippen LogP contribution < -0.4 is 10.2 Å². The van der Waals surface area contributed by atoms with Crippen molar-refractivity contribution in [3.8, 4) is 0 Å². The van der Waals surface area contributed by atoms with Gasteiger partial charge in [-0.2, -0.15) is 4.52 Å². The summed E-state index contributed by atoms with van der Waals surface area (Å²) in [6.45, 7) is 4.09. The van der Waals surface area contributed by atoms with E-state index in [1.807, 2.05) is 43.5 Å². The Morgan fingerprint density at radius 2 is 1.96 bits per heavy atom. The minimum Gasteiger partial charge on any atom is -0.355 e. The Balaban J connectivity index is 1.40. The molecule has 9 heteroatoms. The fourth-order valence-electron chi connectivity index (χ4n) is 3.68. The van der Waals surface area contributed by atoms with E-state index in [0.29, 0.717) is 22.9 Å². The Bertz CT molecular complexity index is 1170. The maximum absolute atomic E-state index is 12.8. The van der Waals surface area contributed by atoms with Crippen molar-refractivity contribution in [1.29, 1.82) is 0 Å². The van der Waals surface area contributed by atoms with Crippen LogP contribution in [0.25, 0.3) is 11.3 Å². The number of fused-ring (bicyclic) bond motifs is 2. The van der Waals surface area contributed by atoms with E-state index in [9.17, 15) is 4.79 Å². The van der Waals surface area contributed by atoms with Gasteiger partial charge in [-0.05, 0) is 44.0 Å². The van der Waals surface area contributed by atoms with Crippen LogP contribution in [-0.4, -0.2) is 48.2 Å². The van der Waals surface area contributed by atoms with Gasteiger partial charge in [0.15, 0.2) is 11.5 Å². The quantitative estimate of drug-likeness (QED) is 0.582. The lowest BCUT2D eigenvalue weighted by atomic mass is 10.3. The number of carbonyl (C=O) groups is 1. The Kier molecular flexibility index (Phi) is 3.92. The lowest BCUT2D eigenvalue weighted by molar-refractivity contribution is 0.0943. The van der Waals surface area contributed by atoms with Crippen LogP contribution in [0.4, 0.5) is 5.82 Å². The topological polar surface area (TPSA) is 92.7 Å². The van der Waals surface area contributed by atoms with Gasteiger partial charge in [0.1, 0.15) is 17.2 Å². The maximum atomic E-state index is 12.8. The van der Waals surface area contributed by atoms with E-state index in [4.69, 9.17) is 0 Å². The third kappa shape index (κ3) is 2.75. The molecule has 0 saturated carbocycles. The van der Waals surface area contributed by atoms with Gasteiger partial charge in [0, 0.05) is 19.3 Å². The second kappa shape index (κ2) is 6.59. The minimum absolute atomic E-state index is 0.205. The SMILES string of the molecule is Cc1nc2ccccn2c1C(=O)NCc1nnc2ccc(N3CCCC3)nn12. The average Bonchev–Trinajstić information content (AvgIpc) is 3.43. The van der Waals surface area contributed by atoms with Crippen molar-refractivity contribution in [2.75, 3.05) is 18.0 Å². The molecule has 0 atom stereocenters. The zero-order valence-electron chi connectivity index (χ0n) is 15.5. The monoisotopic (exact) mass is 376 g/mol. The summed E-state index contributed by atoms with van der Waals surface area (Å²) in [5.41, 5.74) is 2.62. The summed E-state index contributed by atoms with van der Waals surface area (Å²) in [5.74, 6) is 1.30. The van der Waals surface area contributed by atoms with Crippen LogP contribution in [0.2, 0.25) is 0 Å². The summed E-state index contributed by atoms with van der Waals surface area (Å²) in [7, 11) is 0. The molecular weight excluding hydrogens is 356 g/mol. The molecule has 1 fully saturated rings. The zero-order valence-corrected chi connectivity index (χ0v) is 15.5. The van der Waals surface area contributed by atoms with Crippen LogP contribution in [0.15, 0.2) is 36.5 Å². The van der Waals surface area contributed by atoms with E-state index >= 15 is 0 Å². The number of hydrogen-bond donors (Lipinski definition) is 1. The van der Waals surface area contributed by atoms with Gasteiger partial charge < -0.3 is 10.2 Å². The lowest BCUT2D eigenvalue weighted by Gasteiger charge is -2.15. The van der Waals surface area contributed by atoms with Gasteiger partial charge in [0.2, 0.25) is 0 Å². The molecule has 1 aliphatic heterocycles. The standard InChI is InChI=1S/C19H20N8O/c1-13-18(26-11-3-2-6-14(26)21-13)19(28)20-12-17-23-22-15-7-8-16(24-27(15)17)25-9-4-5-10-25/h2-3,6-8,11H,4-5,9-10,12H2,1H3,(H,20,28). The largest absolute Gasteiger partial charge is 0.355 e. The molecule has 0 aliphatic carbocycles. The van der Waals surface area contributed by atoms with Crippen LogP contribution in [0.5, 0.6) is 0 Å². The highest BCUT2D eigenvalue weighted by atomic mass is 16.2. The molecule has 0 unspecified atom stereocenters. The number of carbonyl (C=O) groups excluding carboxylic acids is 1. The molecule has 0 aromatic carbocycles. The summed E-state index contributed by atoms with van der Waals surface area (Å²) in [5, 5.41) is 16.0. The van der Waals surface area contributed by atoms with Gasteiger partial charge in [-0.15, -0.1) is 15.3 Å². The smallest absolute Gasteiger partial charge is 0.270 e. The molecule has 0 spiro atoms. The highest BCUT2D eigenvalue weighted by Gasteiger charge is 2.18. The first kappa shape index (κ1) is 16.7. The minimum atomic E-state index is -0.205. The average molecular weight is 376 g/mol. The molecule has 4 aromatic heterocycles. The molecule has 9 nitrogen and oxygen atoms in total. The number of nitrogens with zero attached hydrogens (tertiary/aromatic N) is 7. The first-order valence-corrected chi connectivity index (χ1v) is 9.39. The van der Waals surface area contributed by atoms with E-state index in [-0.39, 0.29) is 12.5 Å². The number of hydrogen-bond acceptors (Lipinski definition) is 6. The van der Waals surface area contributed by atoms with Crippen molar-refractivity contribution < 1.29 is 4.79 Å². The molecule has 142 valence electrons. The van der Waals surface area contributed by atoms with Gasteiger partial charge >= 0.3 is 0 Å². The van der Waals surface area contributed by atoms with Gasteiger partial charge in [-0.3, -0.25) is 9.20 Å². The Labute approximate surface area is 161 Å². The maximum Gasteiger partial charge on any atom is 0.270 e. The summed E-state index contributed by atoms with van der Waals surface area (Å²) in [6, 6.07) is 9.53. The summed E-state index contributed by atoms with van der Waals surface area (Å²) < 4.78 is 3.49. The Morgan fingerprint density at radius 3 is 2.82 bits per heavy atom. The summed E-state index contributed by atoms with van der Waals surface area (Å²) in [6.07, 6.45) is 4.20. The number of nitrogens with one attached hydrogen (secondary N) is 1. The Hall–Kier alpha value is -3.49. The second-order valence-electron chi connectivity index (χ2n) is 6.93. The van der Waals surface area contributed by atoms with E-state index in [2.05, 4.69) is 30.5 Å². The van der Waals surface area contributed by atoms with Crippen LogP contribution in [0.3, 0.4) is 0 Å². The predicted molar refractivity (Wildman–Crippen MR) is 103 cm³/mol. The molecule has 4 aromatic rings. The summed E-state index contributed by atoms with van der Waals surface area (Å²) >= 11 is 0. The highest BCUT2D eigenvalue weighted by molar-refractivity contribution is 5.94. The number of aryl methyl sites for hydroxylation is 1. The molecule has 1 N–H and O–H groups in total. The van der Waals surface area contributed by atoms with Crippen molar-refractivity contribution in [3.05, 3.63) is 53.7 Å². The summed E-state index contributed by atoms with van der Waals surface area (Å²) in [4.78, 5) is 19.5. The first-order chi connectivity index (χ1) is 13.7. The van der Waals surface area contributed by atoms with Crippen molar-refractivity contribution in [1.82, 2.24) is 34.5 Å². The predicted octanol–water partition coefficient (Wildman–Crippen LogP) is 1.61. The molecule has 0 bridgehead atoms. The number of amides is 1. The van der Waals surface area contributed by atoms with Crippen molar-refractivity contribution in [3.63, 3.8) is 0 Å². The van der Waals surface area contributed by atoms with E-state index in [1.54, 1.807) is 8.92 Å². The molecule has 28 heavy (non-hydrogen) atoms. The lowest BCUT2D eigenvalue weighted by Crippen LogP contribution is -2.26. The number of aromatic nitrogens is 6. The fraction of sp³-hybridized carbons (Fsp3) is 0.316. The van der Waals surface area contributed by atoms with Crippen molar-refractivity contribution in [2.24, 2.45) is 0 Å². The van der Waals surface area contributed by atoms with E-state index < -0.39 is 0 Å². The van der Waals surface area contributed by atoms with Crippen molar-refractivity contribution >= 4 is 23.0 Å². The van der Waals surface area contributed by atoms with Crippen LogP contribution in [0.1, 0.15) is 34.8 Å². The molecule has 1 aliphatic rings. The molecule has 5 heterocycles. The van der Waals surface area contributed by atoms with Crippen molar-refractivity contribution in [2.45, 2.75) is 26.3 Å². The fourth-order valence-corrected chi connectivity index (χ4v) is 3.68.